The number of hydrogen-bond donors (Lipinski definition) is 0. The van der Waals surface area contributed by atoms with Crippen LogP contribution in [-0.4, -0.2) is 5.78 Å². The molecule has 1 heteroatoms. The first-order valence-corrected chi connectivity index (χ1v) is 9.67. The van der Waals surface area contributed by atoms with E-state index >= 15 is 0 Å². The number of rotatable bonds is 0. The third kappa shape index (κ3) is 2.74. The third-order valence-electron chi connectivity index (χ3n) is 6.36. The molecule has 2 aliphatic carbocycles. The van der Waals surface area contributed by atoms with Crippen molar-refractivity contribution in [3.63, 3.8) is 0 Å². The van der Waals surface area contributed by atoms with Gasteiger partial charge in [0.2, 0.25) is 0 Å². The van der Waals surface area contributed by atoms with Crippen molar-refractivity contribution in [2.45, 2.75) is 96.8 Å². The summed E-state index contributed by atoms with van der Waals surface area (Å²) in [5.41, 5.74) is 5.40. The molecule has 0 radical (unpaired) electrons. The molecule has 1 aromatic carbocycles. The predicted molar refractivity (Wildman–Crippen MR) is 102 cm³/mol. The zero-order chi connectivity index (χ0) is 17.9. The standard InChI is InChI=1S/C23H34O/c1-15-10-12-23(13-11-15)14-18(24)19-16(21(2,3)4)8-9-17(20(19)23)22(5,6)7/h8-9,15H,10-14H2,1-7H3. The Morgan fingerprint density at radius 2 is 1.42 bits per heavy atom. The van der Waals surface area contributed by atoms with E-state index in [0.29, 0.717) is 5.78 Å². The molecule has 0 amide bonds. The lowest BCUT2D eigenvalue weighted by molar-refractivity contribution is 0.0953. The molecule has 1 saturated carbocycles. The van der Waals surface area contributed by atoms with Crippen molar-refractivity contribution in [2.24, 2.45) is 5.92 Å². The van der Waals surface area contributed by atoms with Crippen LogP contribution in [0.5, 0.6) is 0 Å². The van der Waals surface area contributed by atoms with Gasteiger partial charge < -0.3 is 0 Å². The zero-order valence-electron chi connectivity index (χ0n) is 16.7. The maximum atomic E-state index is 13.2. The molecule has 24 heavy (non-hydrogen) atoms. The van der Waals surface area contributed by atoms with Gasteiger partial charge in [0.1, 0.15) is 0 Å². The Bertz CT molecular complexity index is 659. The summed E-state index contributed by atoms with van der Waals surface area (Å²) in [6.07, 6.45) is 5.63. The van der Waals surface area contributed by atoms with Crippen LogP contribution in [0, 0.1) is 5.92 Å². The Kier molecular flexibility index (Phi) is 4.02. The summed E-state index contributed by atoms with van der Waals surface area (Å²) in [5.74, 6) is 1.20. The van der Waals surface area contributed by atoms with E-state index in [0.717, 1.165) is 17.9 Å². The van der Waals surface area contributed by atoms with Crippen LogP contribution in [0.15, 0.2) is 12.1 Å². The maximum Gasteiger partial charge on any atom is 0.164 e. The molecule has 1 spiro atoms. The smallest absolute Gasteiger partial charge is 0.164 e. The molecule has 0 saturated heterocycles. The topological polar surface area (TPSA) is 17.1 Å². The molecule has 0 N–H and O–H groups in total. The van der Waals surface area contributed by atoms with Gasteiger partial charge in [0.15, 0.2) is 5.78 Å². The number of fused-ring (bicyclic) bond motifs is 2. The highest BCUT2D eigenvalue weighted by Gasteiger charge is 2.48. The second kappa shape index (κ2) is 5.44. The first-order valence-electron chi connectivity index (χ1n) is 9.67. The number of ketones is 1. The first-order chi connectivity index (χ1) is 11.0. The SMILES string of the molecule is CC1CCC2(CC1)CC(=O)c1c(C(C)(C)C)ccc(C(C)(C)C)c12. The zero-order valence-corrected chi connectivity index (χ0v) is 16.7. The molecule has 2 aliphatic rings. The fourth-order valence-electron chi connectivity index (χ4n) is 4.92. The van der Waals surface area contributed by atoms with Crippen molar-refractivity contribution in [3.8, 4) is 0 Å². The summed E-state index contributed by atoms with van der Waals surface area (Å²) < 4.78 is 0. The molecule has 1 aromatic rings. The van der Waals surface area contributed by atoms with Crippen molar-refractivity contribution < 1.29 is 4.79 Å². The lowest BCUT2D eigenvalue weighted by Gasteiger charge is -2.40. The van der Waals surface area contributed by atoms with Gasteiger partial charge in [0.25, 0.3) is 0 Å². The Labute approximate surface area is 148 Å². The predicted octanol–water partition coefficient (Wildman–Crippen LogP) is 6.32. The second-order valence-electron chi connectivity index (χ2n) is 10.5. The van der Waals surface area contributed by atoms with E-state index in [4.69, 9.17) is 0 Å². The fraction of sp³-hybridized carbons (Fsp3) is 0.696. The molecule has 1 fully saturated rings. The van der Waals surface area contributed by atoms with Gasteiger partial charge >= 0.3 is 0 Å². The van der Waals surface area contributed by atoms with Crippen molar-refractivity contribution in [1.82, 2.24) is 0 Å². The van der Waals surface area contributed by atoms with Crippen molar-refractivity contribution in [1.29, 1.82) is 0 Å². The molecular formula is C23H34O. The van der Waals surface area contributed by atoms with Gasteiger partial charge in [0, 0.05) is 17.4 Å². The summed E-state index contributed by atoms with van der Waals surface area (Å²) in [6.45, 7) is 16.0. The summed E-state index contributed by atoms with van der Waals surface area (Å²) in [4.78, 5) is 13.2. The highest BCUT2D eigenvalue weighted by atomic mass is 16.1. The number of hydrogen-bond acceptors (Lipinski definition) is 1. The Morgan fingerprint density at radius 1 is 0.917 bits per heavy atom. The van der Waals surface area contributed by atoms with Crippen LogP contribution in [0.4, 0.5) is 0 Å². The number of benzene rings is 1. The van der Waals surface area contributed by atoms with Crippen LogP contribution in [-0.2, 0) is 16.2 Å². The van der Waals surface area contributed by atoms with Crippen LogP contribution in [0.1, 0.15) is 108 Å². The summed E-state index contributed by atoms with van der Waals surface area (Å²) in [6, 6.07) is 4.57. The number of Topliss-reactive ketones (excluding diaryl/α,β-unsaturated/α-hetero) is 1. The molecule has 0 atom stereocenters. The van der Waals surface area contributed by atoms with Gasteiger partial charge in [-0.3, -0.25) is 4.79 Å². The van der Waals surface area contributed by atoms with Crippen LogP contribution < -0.4 is 0 Å². The molecule has 1 nitrogen and oxygen atoms in total. The van der Waals surface area contributed by atoms with Gasteiger partial charge in [-0.1, -0.05) is 60.6 Å². The fourth-order valence-corrected chi connectivity index (χ4v) is 4.92. The molecule has 0 unspecified atom stereocenters. The minimum absolute atomic E-state index is 0.0175. The minimum Gasteiger partial charge on any atom is -0.294 e. The maximum absolute atomic E-state index is 13.2. The third-order valence-corrected chi connectivity index (χ3v) is 6.36. The lowest BCUT2D eigenvalue weighted by Crippen LogP contribution is -2.32. The van der Waals surface area contributed by atoms with Crippen LogP contribution in [0.2, 0.25) is 0 Å². The molecule has 0 aromatic heterocycles. The molecule has 132 valence electrons. The van der Waals surface area contributed by atoms with Gasteiger partial charge in [-0.15, -0.1) is 0 Å². The van der Waals surface area contributed by atoms with Crippen LogP contribution in [0.25, 0.3) is 0 Å². The van der Waals surface area contributed by atoms with Crippen molar-refractivity contribution >= 4 is 5.78 Å². The molecule has 0 heterocycles. The average Bonchev–Trinajstić information content (AvgIpc) is 2.73. The Hall–Kier alpha value is -1.11. The van der Waals surface area contributed by atoms with Crippen molar-refractivity contribution in [3.05, 3.63) is 34.4 Å². The highest BCUT2D eigenvalue weighted by Crippen LogP contribution is 2.54. The van der Waals surface area contributed by atoms with E-state index in [1.54, 1.807) is 0 Å². The van der Waals surface area contributed by atoms with Gasteiger partial charge in [0.05, 0.1) is 0 Å². The van der Waals surface area contributed by atoms with Gasteiger partial charge in [-0.05, 0) is 59.1 Å². The van der Waals surface area contributed by atoms with E-state index in [1.807, 2.05) is 0 Å². The van der Waals surface area contributed by atoms with E-state index < -0.39 is 0 Å². The number of carbonyl (C=O) groups excluding carboxylic acids is 1. The normalized spacial score (nSPS) is 27.6. The molecular weight excluding hydrogens is 292 g/mol. The lowest BCUT2D eigenvalue weighted by atomic mass is 9.64. The summed E-state index contributed by atoms with van der Waals surface area (Å²) in [7, 11) is 0. The van der Waals surface area contributed by atoms with Crippen LogP contribution >= 0.6 is 0 Å². The number of carbonyl (C=O) groups is 1. The largest absolute Gasteiger partial charge is 0.294 e. The van der Waals surface area contributed by atoms with E-state index in [9.17, 15) is 4.79 Å². The Balaban J connectivity index is 2.28. The van der Waals surface area contributed by atoms with Gasteiger partial charge in [-0.25, -0.2) is 0 Å². The first kappa shape index (κ1) is 17.7. The van der Waals surface area contributed by atoms with E-state index in [1.165, 1.54) is 42.4 Å². The van der Waals surface area contributed by atoms with E-state index in [-0.39, 0.29) is 16.2 Å². The van der Waals surface area contributed by atoms with Gasteiger partial charge in [-0.2, -0.15) is 0 Å². The monoisotopic (exact) mass is 326 g/mol. The molecule has 0 aliphatic heterocycles. The summed E-state index contributed by atoms with van der Waals surface area (Å²) in [5, 5.41) is 0. The van der Waals surface area contributed by atoms with Crippen molar-refractivity contribution in [2.75, 3.05) is 0 Å². The van der Waals surface area contributed by atoms with E-state index in [2.05, 4.69) is 60.6 Å². The second-order valence-corrected chi connectivity index (χ2v) is 10.5. The van der Waals surface area contributed by atoms with Crippen LogP contribution in [0.3, 0.4) is 0 Å². The average molecular weight is 327 g/mol. The highest BCUT2D eigenvalue weighted by molar-refractivity contribution is 6.04. The molecule has 0 bridgehead atoms. The summed E-state index contributed by atoms with van der Waals surface area (Å²) >= 11 is 0. The molecule has 3 rings (SSSR count). The minimum atomic E-state index is 0.0175. The quantitative estimate of drug-likeness (QED) is 0.545. The Morgan fingerprint density at radius 3 is 1.92 bits per heavy atom.